The fourth-order valence-corrected chi connectivity index (χ4v) is 4.56. The summed E-state index contributed by atoms with van der Waals surface area (Å²) in [5, 5.41) is 10.5. The molecule has 1 aromatic carbocycles. The van der Waals surface area contributed by atoms with Gasteiger partial charge in [-0.3, -0.25) is 0 Å². The summed E-state index contributed by atoms with van der Waals surface area (Å²) in [6.07, 6.45) is 6.73. The quantitative estimate of drug-likeness (QED) is 0.436. The Labute approximate surface area is 164 Å². The number of hydrogen-bond acceptors (Lipinski definition) is 3. The van der Waals surface area contributed by atoms with E-state index in [-0.39, 0.29) is 0 Å². The van der Waals surface area contributed by atoms with Crippen LogP contribution in [0, 0.1) is 0 Å². The second kappa shape index (κ2) is 10.8. The monoisotopic (exact) mass is 382 g/mol. The Kier molecular flexibility index (Phi) is 9.80. The van der Waals surface area contributed by atoms with E-state index in [2.05, 4.69) is 59.7 Å². The van der Waals surface area contributed by atoms with Crippen molar-refractivity contribution >= 4 is 23.5 Å². The van der Waals surface area contributed by atoms with Crippen molar-refractivity contribution in [2.45, 2.75) is 89.6 Å². The van der Waals surface area contributed by atoms with Crippen LogP contribution in [0.15, 0.2) is 18.2 Å². The van der Waals surface area contributed by atoms with Gasteiger partial charge in [0.05, 0.1) is 0 Å². The van der Waals surface area contributed by atoms with E-state index < -0.39 is 0 Å². The van der Waals surface area contributed by atoms with Gasteiger partial charge in [0.1, 0.15) is 5.75 Å². The summed E-state index contributed by atoms with van der Waals surface area (Å²) in [5.41, 5.74) is 2.25. The lowest BCUT2D eigenvalue weighted by molar-refractivity contribution is 0.458. The highest BCUT2D eigenvalue weighted by atomic mass is 32.2. The van der Waals surface area contributed by atoms with Crippen molar-refractivity contribution in [2.75, 3.05) is 11.5 Å². The fourth-order valence-electron chi connectivity index (χ4n) is 2.64. The normalized spacial score (nSPS) is 12.6. The number of phenols is 1. The molecule has 0 saturated heterocycles. The third-order valence-electron chi connectivity index (χ3n) is 3.95. The molecule has 0 amide bonds. The Morgan fingerprint density at radius 3 is 1.48 bits per heavy atom. The van der Waals surface area contributed by atoms with Gasteiger partial charge in [-0.2, -0.15) is 23.5 Å². The van der Waals surface area contributed by atoms with Crippen LogP contribution in [0.1, 0.15) is 78.4 Å². The highest BCUT2D eigenvalue weighted by Crippen LogP contribution is 2.28. The van der Waals surface area contributed by atoms with Gasteiger partial charge in [0.25, 0.3) is 0 Å². The van der Waals surface area contributed by atoms with Crippen molar-refractivity contribution in [1.82, 2.24) is 0 Å². The summed E-state index contributed by atoms with van der Waals surface area (Å²) in [7, 11) is 0. The van der Waals surface area contributed by atoms with Gasteiger partial charge in [-0.05, 0) is 61.2 Å². The first-order valence-corrected chi connectivity index (χ1v) is 11.6. The van der Waals surface area contributed by atoms with Gasteiger partial charge < -0.3 is 5.11 Å². The molecule has 0 fully saturated rings. The van der Waals surface area contributed by atoms with Gasteiger partial charge in [-0.25, -0.2) is 0 Å². The van der Waals surface area contributed by atoms with E-state index in [4.69, 9.17) is 0 Å². The molecule has 3 heteroatoms. The first-order valence-electron chi connectivity index (χ1n) is 9.66. The summed E-state index contributed by atoms with van der Waals surface area (Å²) < 4.78 is 0.709. The van der Waals surface area contributed by atoms with Crippen LogP contribution in [0.3, 0.4) is 0 Å². The number of thioether (sulfide) groups is 2. The van der Waals surface area contributed by atoms with Gasteiger partial charge in [0, 0.05) is 9.49 Å². The van der Waals surface area contributed by atoms with Crippen LogP contribution >= 0.6 is 23.5 Å². The van der Waals surface area contributed by atoms with E-state index in [1.165, 1.54) is 24.3 Å². The molecule has 1 nitrogen and oxygen atoms in total. The number of benzene rings is 1. The Hall–Kier alpha value is -0.280. The lowest BCUT2D eigenvalue weighted by Gasteiger charge is -2.17. The highest BCUT2D eigenvalue weighted by molar-refractivity contribution is 8.00. The van der Waals surface area contributed by atoms with Crippen molar-refractivity contribution in [3.63, 3.8) is 0 Å². The summed E-state index contributed by atoms with van der Waals surface area (Å²) in [5.74, 6) is 2.96. The molecule has 0 saturated carbocycles. The SMILES string of the molecule is CC(C)(C)SCCCCc1cccc(CCCCSC(C)(C)C)c1O. The highest BCUT2D eigenvalue weighted by Gasteiger charge is 2.11. The fraction of sp³-hybridized carbons (Fsp3) is 0.727. The maximum atomic E-state index is 10.5. The van der Waals surface area contributed by atoms with E-state index in [9.17, 15) is 5.11 Å². The molecule has 0 atom stereocenters. The van der Waals surface area contributed by atoms with Crippen molar-refractivity contribution < 1.29 is 5.11 Å². The van der Waals surface area contributed by atoms with Gasteiger partial charge in [-0.15, -0.1) is 0 Å². The second-order valence-corrected chi connectivity index (χ2v) is 12.6. The third-order valence-corrected chi connectivity index (χ3v) is 6.67. The van der Waals surface area contributed by atoms with Crippen LogP contribution in [0.4, 0.5) is 0 Å². The molecule has 144 valence electrons. The molecule has 0 aliphatic carbocycles. The number of para-hydroxylation sites is 1. The largest absolute Gasteiger partial charge is 0.507 e. The van der Waals surface area contributed by atoms with Crippen molar-refractivity contribution in [3.05, 3.63) is 29.3 Å². The number of aryl methyl sites for hydroxylation is 2. The van der Waals surface area contributed by atoms with E-state index in [0.717, 1.165) is 36.8 Å². The molecule has 1 N–H and O–H groups in total. The van der Waals surface area contributed by atoms with Gasteiger partial charge in [0.15, 0.2) is 0 Å². The zero-order valence-electron chi connectivity index (χ0n) is 17.2. The first kappa shape index (κ1) is 22.8. The molecule has 0 aliphatic rings. The molecule has 1 rings (SSSR count). The predicted molar refractivity (Wildman–Crippen MR) is 118 cm³/mol. The summed E-state index contributed by atoms with van der Waals surface area (Å²) in [6, 6.07) is 6.29. The average Bonchev–Trinajstić information content (AvgIpc) is 2.47. The molecule has 0 heterocycles. The Balaban J connectivity index is 2.34. The molecular weight excluding hydrogens is 344 g/mol. The molecule has 0 aliphatic heterocycles. The smallest absolute Gasteiger partial charge is 0.121 e. The maximum absolute atomic E-state index is 10.5. The third kappa shape index (κ3) is 11.1. The second-order valence-electron chi connectivity index (χ2n) is 8.76. The molecule has 1 aromatic rings. The first-order chi connectivity index (χ1) is 11.6. The van der Waals surface area contributed by atoms with E-state index in [0.29, 0.717) is 15.2 Å². The summed E-state index contributed by atoms with van der Waals surface area (Å²) in [4.78, 5) is 0. The summed E-state index contributed by atoms with van der Waals surface area (Å²) in [6.45, 7) is 13.6. The molecule has 0 bridgehead atoms. The lowest BCUT2D eigenvalue weighted by atomic mass is 10.0. The van der Waals surface area contributed by atoms with Gasteiger partial charge in [0.2, 0.25) is 0 Å². The zero-order chi connectivity index (χ0) is 18.9. The predicted octanol–water partition coefficient (Wildman–Crippen LogP) is 7.10. The van der Waals surface area contributed by atoms with Gasteiger partial charge >= 0.3 is 0 Å². The number of aromatic hydroxyl groups is 1. The molecular formula is C22H38OS2. The number of rotatable bonds is 10. The van der Waals surface area contributed by atoms with Crippen LogP contribution in [-0.4, -0.2) is 26.1 Å². The topological polar surface area (TPSA) is 20.2 Å². The number of unbranched alkanes of at least 4 members (excludes halogenated alkanes) is 2. The van der Waals surface area contributed by atoms with Crippen LogP contribution in [-0.2, 0) is 12.8 Å². The molecule has 0 radical (unpaired) electrons. The number of hydrogen-bond donors (Lipinski definition) is 1. The molecule has 0 unspecified atom stereocenters. The van der Waals surface area contributed by atoms with Crippen molar-refractivity contribution in [2.24, 2.45) is 0 Å². The van der Waals surface area contributed by atoms with E-state index >= 15 is 0 Å². The van der Waals surface area contributed by atoms with Gasteiger partial charge in [-0.1, -0.05) is 59.7 Å². The Morgan fingerprint density at radius 1 is 0.720 bits per heavy atom. The van der Waals surface area contributed by atoms with Crippen molar-refractivity contribution in [1.29, 1.82) is 0 Å². The zero-order valence-corrected chi connectivity index (χ0v) is 18.8. The lowest BCUT2D eigenvalue weighted by Crippen LogP contribution is -2.08. The Bertz CT molecular complexity index is 455. The minimum Gasteiger partial charge on any atom is -0.507 e. The standard InChI is InChI=1S/C22H38OS2/c1-21(2,3)24-16-9-7-12-18-14-11-15-19(20(18)23)13-8-10-17-25-22(4,5)6/h11,14-15,23H,7-10,12-13,16-17H2,1-6H3. The Morgan fingerprint density at radius 2 is 1.12 bits per heavy atom. The minimum absolute atomic E-state index is 0.354. The average molecular weight is 383 g/mol. The molecule has 0 spiro atoms. The van der Waals surface area contributed by atoms with E-state index in [1.54, 1.807) is 0 Å². The summed E-state index contributed by atoms with van der Waals surface area (Å²) >= 11 is 4.06. The minimum atomic E-state index is 0.354. The number of phenolic OH excluding ortho intramolecular Hbond substituents is 1. The van der Waals surface area contributed by atoms with Crippen LogP contribution in [0.2, 0.25) is 0 Å². The van der Waals surface area contributed by atoms with Crippen LogP contribution in [0.5, 0.6) is 5.75 Å². The van der Waals surface area contributed by atoms with Crippen LogP contribution in [0.25, 0.3) is 0 Å². The molecule has 0 aromatic heterocycles. The van der Waals surface area contributed by atoms with E-state index in [1.807, 2.05) is 23.5 Å². The van der Waals surface area contributed by atoms with Crippen molar-refractivity contribution in [3.8, 4) is 5.75 Å². The maximum Gasteiger partial charge on any atom is 0.121 e. The molecule has 25 heavy (non-hydrogen) atoms. The van der Waals surface area contributed by atoms with Crippen LogP contribution < -0.4 is 0 Å².